The summed E-state index contributed by atoms with van der Waals surface area (Å²) in [4.78, 5) is 27.9. The molecule has 37 heavy (non-hydrogen) atoms. The zero-order valence-electron chi connectivity index (χ0n) is 22.2. The number of rotatable bonds is 13. The van der Waals surface area contributed by atoms with Gasteiger partial charge in [-0.05, 0) is 63.4 Å². The fraction of sp³-hybridized carbons (Fsp3) is 0.444. The molecule has 10 heteroatoms. The predicted molar refractivity (Wildman–Crippen MR) is 150 cm³/mol. The van der Waals surface area contributed by atoms with E-state index in [2.05, 4.69) is 34.6 Å². The lowest BCUT2D eigenvalue weighted by atomic mass is 10.0. The molecule has 2 aromatic carbocycles. The molecule has 0 aliphatic carbocycles. The van der Waals surface area contributed by atoms with E-state index in [1.807, 2.05) is 32.0 Å². The SMILES string of the molecule is CCN(CC)c1ccc(/C=N\NC(=O)[C@@H](CC(C)C)NC(=O)[C@H](C)Oc2ccc(Cl)cc2Cl)c(OC)c1. The smallest absolute Gasteiger partial charge is 0.262 e. The fourth-order valence-electron chi connectivity index (χ4n) is 3.64. The molecule has 0 saturated heterocycles. The van der Waals surface area contributed by atoms with Crippen molar-refractivity contribution >= 4 is 46.9 Å². The number of methoxy groups -OCH3 is 1. The van der Waals surface area contributed by atoms with Gasteiger partial charge in [-0.15, -0.1) is 0 Å². The molecule has 202 valence electrons. The molecule has 0 saturated carbocycles. The second-order valence-electron chi connectivity index (χ2n) is 8.86. The number of amides is 2. The molecule has 0 spiro atoms. The van der Waals surface area contributed by atoms with Gasteiger partial charge in [0, 0.05) is 35.4 Å². The number of nitrogens with zero attached hydrogens (tertiary/aromatic N) is 2. The van der Waals surface area contributed by atoms with Crippen molar-refractivity contribution in [2.24, 2.45) is 11.0 Å². The molecule has 2 aromatic rings. The number of ether oxygens (including phenoxy) is 2. The Morgan fingerprint density at radius 1 is 1.03 bits per heavy atom. The zero-order chi connectivity index (χ0) is 27.5. The van der Waals surface area contributed by atoms with Crippen LogP contribution in [-0.2, 0) is 9.59 Å². The summed E-state index contributed by atoms with van der Waals surface area (Å²) in [6.45, 7) is 11.4. The normalized spacial score (nSPS) is 12.8. The third kappa shape index (κ3) is 9.13. The summed E-state index contributed by atoms with van der Waals surface area (Å²) in [6.07, 6.45) is 1.05. The van der Waals surface area contributed by atoms with Crippen LogP contribution in [0.25, 0.3) is 0 Å². The lowest BCUT2D eigenvalue weighted by molar-refractivity contribution is -0.132. The van der Waals surface area contributed by atoms with Crippen LogP contribution in [0, 0.1) is 5.92 Å². The first kappa shape index (κ1) is 30.3. The zero-order valence-corrected chi connectivity index (χ0v) is 23.7. The van der Waals surface area contributed by atoms with E-state index in [-0.39, 0.29) is 5.92 Å². The van der Waals surface area contributed by atoms with Gasteiger partial charge in [-0.25, -0.2) is 5.43 Å². The van der Waals surface area contributed by atoms with Gasteiger partial charge in [0.1, 0.15) is 17.5 Å². The maximum absolute atomic E-state index is 12.9. The highest BCUT2D eigenvalue weighted by molar-refractivity contribution is 6.35. The number of anilines is 1. The Morgan fingerprint density at radius 3 is 2.32 bits per heavy atom. The van der Waals surface area contributed by atoms with Crippen LogP contribution in [0.3, 0.4) is 0 Å². The Bertz CT molecular complexity index is 1090. The molecule has 0 unspecified atom stereocenters. The third-order valence-electron chi connectivity index (χ3n) is 5.63. The molecule has 8 nitrogen and oxygen atoms in total. The van der Waals surface area contributed by atoms with Crippen LogP contribution in [0.4, 0.5) is 5.69 Å². The minimum absolute atomic E-state index is 0.148. The average molecular weight is 552 g/mol. The molecular weight excluding hydrogens is 515 g/mol. The quantitative estimate of drug-likeness (QED) is 0.261. The van der Waals surface area contributed by atoms with Gasteiger partial charge in [0.2, 0.25) is 0 Å². The molecule has 2 atom stereocenters. The van der Waals surface area contributed by atoms with Gasteiger partial charge >= 0.3 is 0 Å². The van der Waals surface area contributed by atoms with E-state index in [1.165, 1.54) is 12.3 Å². The molecule has 0 heterocycles. The Morgan fingerprint density at radius 2 is 1.73 bits per heavy atom. The van der Waals surface area contributed by atoms with Crippen LogP contribution in [0.1, 0.15) is 46.6 Å². The van der Waals surface area contributed by atoms with Crippen LogP contribution in [0.2, 0.25) is 10.0 Å². The largest absolute Gasteiger partial charge is 0.496 e. The third-order valence-corrected chi connectivity index (χ3v) is 6.16. The van der Waals surface area contributed by atoms with Gasteiger partial charge in [-0.2, -0.15) is 5.10 Å². The number of carbonyl (C=O) groups excluding carboxylic acids is 2. The van der Waals surface area contributed by atoms with E-state index < -0.39 is 24.0 Å². The molecule has 0 radical (unpaired) electrons. The molecule has 0 aliphatic heterocycles. The van der Waals surface area contributed by atoms with Gasteiger partial charge in [0.05, 0.1) is 18.3 Å². The topological polar surface area (TPSA) is 92.3 Å². The van der Waals surface area contributed by atoms with E-state index in [4.69, 9.17) is 32.7 Å². The van der Waals surface area contributed by atoms with Crippen molar-refractivity contribution in [2.45, 2.75) is 53.2 Å². The van der Waals surface area contributed by atoms with Gasteiger partial charge in [-0.3, -0.25) is 9.59 Å². The molecule has 0 fully saturated rings. The van der Waals surface area contributed by atoms with Crippen molar-refractivity contribution in [1.82, 2.24) is 10.7 Å². The molecule has 0 aromatic heterocycles. The number of nitrogens with one attached hydrogen (secondary N) is 2. The van der Waals surface area contributed by atoms with E-state index in [0.717, 1.165) is 18.8 Å². The Balaban J connectivity index is 2.07. The van der Waals surface area contributed by atoms with Crippen LogP contribution in [-0.4, -0.2) is 50.4 Å². The molecule has 0 bridgehead atoms. The summed E-state index contributed by atoms with van der Waals surface area (Å²) in [7, 11) is 1.59. The number of benzene rings is 2. The second-order valence-corrected chi connectivity index (χ2v) is 9.70. The minimum atomic E-state index is -0.891. The van der Waals surface area contributed by atoms with Gasteiger partial charge in [-0.1, -0.05) is 37.0 Å². The van der Waals surface area contributed by atoms with Crippen LogP contribution in [0.15, 0.2) is 41.5 Å². The Kier molecular flexibility index (Phi) is 12.0. The highest BCUT2D eigenvalue weighted by atomic mass is 35.5. The second kappa shape index (κ2) is 14.7. The highest BCUT2D eigenvalue weighted by Crippen LogP contribution is 2.28. The Labute approximate surface area is 229 Å². The molecule has 2 amide bonds. The van der Waals surface area contributed by atoms with Crippen LogP contribution in [0.5, 0.6) is 11.5 Å². The van der Waals surface area contributed by atoms with Crippen LogP contribution >= 0.6 is 23.2 Å². The first-order valence-electron chi connectivity index (χ1n) is 12.3. The lowest BCUT2D eigenvalue weighted by Gasteiger charge is -2.22. The summed E-state index contributed by atoms with van der Waals surface area (Å²) < 4.78 is 11.2. The van der Waals surface area contributed by atoms with Crippen molar-refractivity contribution in [3.8, 4) is 11.5 Å². The number of carbonyl (C=O) groups is 2. The van der Waals surface area contributed by atoms with Crippen molar-refractivity contribution in [3.05, 3.63) is 52.0 Å². The fourth-order valence-corrected chi connectivity index (χ4v) is 4.10. The van der Waals surface area contributed by atoms with Gasteiger partial charge in [0.15, 0.2) is 6.10 Å². The summed E-state index contributed by atoms with van der Waals surface area (Å²) in [5.74, 6) is 0.221. The predicted octanol–water partition coefficient (Wildman–Crippen LogP) is 5.30. The maximum atomic E-state index is 12.9. The maximum Gasteiger partial charge on any atom is 0.262 e. The first-order chi connectivity index (χ1) is 17.6. The number of hydrazone groups is 1. The van der Waals surface area contributed by atoms with Gasteiger partial charge in [0.25, 0.3) is 11.8 Å². The molecule has 0 aliphatic rings. The molecular formula is C27H36Cl2N4O4. The van der Waals surface area contributed by atoms with Crippen LogP contribution < -0.4 is 25.1 Å². The van der Waals surface area contributed by atoms with E-state index in [1.54, 1.807) is 26.2 Å². The summed E-state index contributed by atoms with van der Waals surface area (Å²) in [6, 6.07) is 9.74. The average Bonchev–Trinajstić information content (AvgIpc) is 2.86. The molecule has 2 rings (SSSR count). The first-order valence-corrected chi connectivity index (χ1v) is 13.0. The van der Waals surface area contributed by atoms with Crippen molar-refractivity contribution in [3.63, 3.8) is 0 Å². The van der Waals surface area contributed by atoms with Gasteiger partial charge < -0.3 is 19.7 Å². The number of halogens is 2. The monoisotopic (exact) mass is 550 g/mol. The van der Waals surface area contributed by atoms with E-state index in [9.17, 15) is 9.59 Å². The van der Waals surface area contributed by atoms with Crippen molar-refractivity contribution in [1.29, 1.82) is 0 Å². The Hall–Kier alpha value is -2.97. The molecule has 2 N–H and O–H groups in total. The number of hydrogen-bond acceptors (Lipinski definition) is 6. The summed E-state index contributed by atoms with van der Waals surface area (Å²) in [5.41, 5.74) is 4.28. The van der Waals surface area contributed by atoms with Crippen molar-refractivity contribution in [2.75, 3.05) is 25.1 Å². The van der Waals surface area contributed by atoms with E-state index >= 15 is 0 Å². The summed E-state index contributed by atoms with van der Waals surface area (Å²) in [5, 5.41) is 7.61. The lowest BCUT2D eigenvalue weighted by Crippen LogP contribution is -2.49. The van der Waals surface area contributed by atoms with Crippen molar-refractivity contribution < 1.29 is 19.1 Å². The highest BCUT2D eigenvalue weighted by Gasteiger charge is 2.25. The van der Waals surface area contributed by atoms with E-state index in [0.29, 0.717) is 33.5 Å². The minimum Gasteiger partial charge on any atom is -0.496 e. The summed E-state index contributed by atoms with van der Waals surface area (Å²) >= 11 is 12.1. The number of hydrogen-bond donors (Lipinski definition) is 2. The standard InChI is InChI=1S/C27H36Cl2N4O4/c1-7-33(8-2)21-11-9-19(25(15-21)36-6)16-30-32-27(35)23(13-17(3)4)31-26(34)18(5)37-24-12-10-20(28)14-22(24)29/h9-12,14-18,23H,7-8,13H2,1-6H3,(H,31,34)(H,32,35)/b30-16-/t18-,23+/m0/s1.